The number of H-pyrrole nitrogens is 1. The first-order chi connectivity index (χ1) is 14.7. The van der Waals surface area contributed by atoms with E-state index in [-0.39, 0.29) is 22.7 Å². The number of carbonyl (C=O) groups is 3. The fourth-order valence-corrected chi connectivity index (χ4v) is 3.06. The molecule has 0 fully saturated rings. The lowest BCUT2D eigenvalue weighted by Gasteiger charge is -2.03. The third-order valence-electron chi connectivity index (χ3n) is 4.61. The zero-order chi connectivity index (χ0) is 22.7. The monoisotopic (exact) mass is 426 g/mol. The molecule has 0 aliphatic heterocycles. The smallest absolute Gasteiger partial charge is 0.374 e. The highest BCUT2D eigenvalue weighted by Gasteiger charge is 2.24. The summed E-state index contributed by atoms with van der Waals surface area (Å²) in [5.41, 5.74) is 1.75. The summed E-state index contributed by atoms with van der Waals surface area (Å²) in [6.07, 6.45) is 0. The van der Waals surface area contributed by atoms with Crippen molar-refractivity contribution in [3.05, 3.63) is 74.8 Å². The van der Waals surface area contributed by atoms with Crippen molar-refractivity contribution < 1.29 is 33.2 Å². The SMILES string of the molecule is COC(=O)c1c(C)[nH]c(C(=O)COC(=O)c2ccc(-c3ccc([N+](=O)[O-])cc3)o2)c1C. The quantitative estimate of drug-likeness (QED) is 0.261. The molecule has 0 amide bonds. The highest BCUT2D eigenvalue weighted by atomic mass is 16.6. The number of non-ortho nitro benzene ring substituents is 1. The number of aryl methyl sites for hydroxylation is 1. The number of carbonyl (C=O) groups excluding carboxylic acids is 3. The number of hydrogen-bond donors (Lipinski definition) is 1. The van der Waals surface area contributed by atoms with Gasteiger partial charge in [0.05, 0.1) is 23.3 Å². The van der Waals surface area contributed by atoms with Crippen molar-refractivity contribution in [3.8, 4) is 11.3 Å². The van der Waals surface area contributed by atoms with Gasteiger partial charge in [0.15, 0.2) is 6.61 Å². The first kappa shape index (κ1) is 21.5. The van der Waals surface area contributed by atoms with E-state index >= 15 is 0 Å². The van der Waals surface area contributed by atoms with E-state index in [9.17, 15) is 24.5 Å². The van der Waals surface area contributed by atoms with Crippen LogP contribution in [0.25, 0.3) is 11.3 Å². The van der Waals surface area contributed by atoms with Gasteiger partial charge in [0, 0.05) is 23.4 Å². The average Bonchev–Trinajstić information content (AvgIpc) is 3.36. The fraction of sp³-hybridized carbons (Fsp3) is 0.190. The molecule has 2 aromatic heterocycles. The van der Waals surface area contributed by atoms with Gasteiger partial charge >= 0.3 is 11.9 Å². The van der Waals surface area contributed by atoms with Crippen LogP contribution < -0.4 is 0 Å². The molecule has 0 bridgehead atoms. The molecule has 0 aliphatic rings. The van der Waals surface area contributed by atoms with Crippen molar-refractivity contribution in [3.63, 3.8) is 0 Å². The minimum absolute atomic E-state index is 0.0707. The molecule has 0 aliphatic carbocycles. The van der Waals surface area contributed by atoms with E-state index in [2.05, 4.69) is 4.98 Å². The zero-order valence-corrected chi connectivity index (χ0v) is 16.9. The molecule has 160 valence electrons. The Labute approximate surface area is 175 Å². The van der Waals surface area contributed by atoms with E-state index in [1.54, 1.807) is 13.8 Å². The number of benzene rings is 1. The number of rotatable bonds is 7. The molecule has 0 atom stereocenters. The maximum Gasteiger partial charge on any atom is 0.374 e. The highest BCUT2D eigenvalue weighted by Crippen LogP contribution is 2.25. The number of aromatic nitrogens is 1. The number of aromatic amines is 1. The van der Waals surface area contributed by atoms with Crippen LogP contribution in [0.5, 0.6) is 0 Å². The van der Waals surface area contributed by atoms with Crippen molar-refractivity contribution >= 4 is 23.4 Å². The fourth-order valence-electron chi connectivity index (χ4n) is 3.06. The predicted molar refractivity (Wildman–Crippen MR) is 107 cm³/mol. The van der Waals surface area contributed by atoms with Gasteiger partial charge in [-0.25, -0.2) is 9.59 Å². The van der Waals surface area contributed by atoms with Crippen molar-refractivity contribution in [1.29, 1.82) is 0 Å². The summed E-state index contributed by atoms with van der Waals surface area (Å²) in [5, 5.41) is 10.7. The first-order valence-electron chi connectivity index (χ1n) is 9.05. The van der Waals surface area contributed by atoms with Crippen molar-refractivity contribution in [2.75, 3.05) is 13.7 Å². The predicted octanol–water partition coefficient (Wildman–Crippen LogP) is 3.63. The van der Waals surface area contributed by atoms with Gasteiger partial charge in [-0.2, -0.15) is 0 Å². The summed E-state index contributed by atoms with van der Waals surface area (Å²) in [4.78, 5) is 49.5. The number of nitro groups is 1. The number of Topliss-reactive ketones (excluding diaryl/α,β-unsaturated/α-hetero) is 1. The maximum absolute atomic E-state index is 12.4. The molecule has 0 saturated carbocycles. The lowest BCUT2D eigenvalue weighted by Crippen LogP contribution is -2.15. The number of methoxy groups -OCH3 is 1. The second-order valence-corrected chi connectivity index (χ2v) is 6.58. The Morgan fingerprint density at radius 3 is 2.35 bits per heavy atom. The number of nitrogens with one attached hydrogen (secondary N) is 1. The van der Waals surface area contributed by atoms with Crippen LogP contribution in [0.15, 0.2) is 40.8 Å². The lowest BCUT2D eigenvalue weighted by atomic mass is 10.1. The molecule has 31 heavy (non-hydrogen) atoms. The third-order valence-corrected chi connectivity index (χ3v) is 4.61. The minimum atomic E-state index is -0.851. The molecule has 3 rings (SSSR count). The van der Waals surface area contributed by atoms with Gasteiger partial charge in [-0.1, -0.05) is 0 Å². The molecular weight excluding hydrogens is 408 g/mol. The summed E-state index contributed by atoms with van der Waals surface area (Å²) in [6, 6.07) is 8.51. The molecule has 0 spiro atoms. The molecule has 2 heterocycles. The maximum atomic E-state index is 12.4. The van der Waals surface area contributed by atoms with Gasteiger partial charge in [-0.15, -0.1) is 0 Å². The number of nitrogens with zero attached hydrogens (tertiary/aromatic N) is 1. The summed E-state index contributed by atoms with van der Waals surface area (Å²) in [5.74, 6) is -1.76. The van der Waals surface area contributed by atoms with E-state index in [4.69, 9.17) is 13.9 Å². The summed E-state index contributed by atoms with van der Waals surface area (Å²) < 4.78 is 15.2. The molecule has 0 saturated heterocycles. The Kier molecular flexibility index (Phi) is 6.00. The number of hydrogen-bond acceptors (Lipinski definition) is 8. The minimum Gasteiger partial charge on any atom is -0.465 e. The number of ketones is 1. The van der Waals surface area contributed by atoms with Crippen LogP contribution in [-0.4, -0.2) is 41.3 Å². The molecule has 0 radical (unpaired) electrons. The second-order valence-electron chi connectivity index (χ2n) is 6.58. The number of esters is 2. The Balaban J connectivity index is 1.67. The molecule has 10 nitrogen and oxygen atoms in total. The molecular formula is C21H18N2O8. The van der Waals surface area contributed by atoms with Crippen LogP contribution in [0, 0.1) is 24.0 Å². The van der Waals surface area contributed by atoms with Crippen molar-refractivity contribution in [2.24, 2.45) is 0 Å². The van der Waals surface area contributed by atoms with Crippen LogP contribution in [0.3, 0.4) is 0 Å². The van der Waals surface area contributed by atoms with Gasteiger partial charge in [0.2, 0.25) is 11.5 Å². The van der Waals surface area contributed by atoms with E-state index in [1.807, 2.05) is 0 Å². The standard InChI is InChI=1S/C21H18N2O8/c1-11-18(21(26)29-3)12(2)22-19(11)15(24)10-30-20(25)17-9-8-16(31-17)13-4-6-14(7-5-13)23(27)28/h4-9,22H,10H2,1-3H3. The highest BCUT2D eigenvalue weighted by molar-refractivity contribution is 6.03. The largest absolute Gasteiger partial charge is 0.465 e. The molecule has 1 N–H and O–H groups in total. The van der Waals surface area contributed by atoms with Crippen molar-refractivity contribution in [2.45, 2.75) is 13.8 Å². The second kappa shape index (κ2) is 8.66. The normalized spacial score (nSPS) is 10.5. The van der Waals surface area contributed by atoms with Crippen LogP contribution in [-0.2, 0) is 9.47 Å². The summed E-state index contributed by atoms with van der Waals surface area (Å²) >= 11 is 0. The van der Waals surface area contributed by atoms with E-state index in [1.165, 1.54) is 43.5 Å². The molecule has 1 aromatic carbocycles. The Morgan fingerprint density at radius 1 is 1.06 bits per heavy atom. The number of nitro benzene ring substituents is 1. The van der Waals surface area contributed by atoms with Crippen LogP contribution in [0.4, 0.5) is 5.69 Å². The van der Waals surface area contributed by atoms with Gasteiger partial charge in [-0.3, -0.25) is 14.9 Å². The van der Waals surface area contributed by atoms with Gasteiger partial charge in [0.25, 0.3) is 5.69 Å². The molecule has 0 unspecified atom stereocenters. The Hall–Kier alpha value is -4.21. The summed E-state index contributed by atoms with van der Waals surface area (Å²) in [7, 11) is 1.24. The van der Waals surface area contributed by atoms with E-state index in [0.29, 0.717) is 22.6 Å². The number of furan rings is 1. The lowest BCUT2D eigenvalue weighted by molar-refractivity contribution is -0.384. The van der Waals surface area contributed by atoms with Crippen LogP contribution in [0.1, 0.15) is 42.7 Å². The molecule has 3 aromatic rings. The van der Waals surface area contributed by atoms with Crippen molar-refractivity contribution in [1.82, 2.24) is 4.98 Å². The first-order valence-corrected chi connectivity index (χ1v) is 9.05. The summed E-state index contributed by atoms with van der Waals surface area (Å²) in [6.45, 7) is 2.66. The Bertz CT molecular complexity index is 1170. The average molecular weight is 426 g/mol. The van der Waals surface area contributed by atoms with Gasteiger partial charge in [0.1, 0.15) is 5.76 Å². The zero-order valence-electron chi connectivity index (χ0n) is 16.9. The van der Waals surface area contributed by atoms with Gasteiger partial charge < -0.3 is 18.9 Å². The van der Waals surface area contributed by atoms with E-state index < -0.39 is 29.3 Å². The van der Waals surface area contributed by atoms with Crippen LogP contribution in [0.2, 0.25) is 0 Å². The van der Waals surface area contributed by atoms with E-state index in [0.717, 1.165) is 0 Å². The number of ether oxygens (including phenoxy) is 2. The van der Waals surface area contributed by atoms with Gasteiger partial charge in [-0.05, 0) is 43.7 Å². The Morgan fingerprint density at radius 2 is 1.74 bits per heavy atom. The van der Waals surface area contributed by atoms with Crippen LogP contribution >= 0.6 is 0 Å². The third kappa shape index (κ3) is 4.37. The molecule has 10 heteroatoms. The topological polar surface area (TPSA) is 142 Å².